The first-order valence-electron chi connectivity index (χ1n) is 8.49. The highest BCUT2D eigenvalue weighted by atomic mass is 19.1. The van der Waals surface area contributed by atoms with Crippen molar-refractivity contribution in [2.75, 3.05) is 50.1 Å². The second-order valence-electron chi connectivity index (χ2n) is 6.41. The highest BCUT2D eigenvalue weighted by Crippen LogP contribution is 2.31. The lowest BCUT2D eigenvalue weighted by Gasteiger charge is -2.24. The van der Waals surface area contributed by atoms with E-state index in [4.69, 9.17) is 4.74 Å². The molecule has 1 N–H and O–H groups in total. The summed E-state index contributed by atoms with van der Waals surface area (Å²) < 4.78 is 34.3. The Hall–Kier alpha value is -2.91. The first-order valence-corrected chi connectivity index (χ1v) is 8.49. The SMILES string of the molecule is CNC(=O)[C@H]1CN(c2cc(F)c(N3CCC(=O)N(C)CC3)c(F)c2)C(=O)O1. The van der Waals surface area contributed by atoms with Gasteiger partial charge in [-0.2, -0.15) is 0 Å². The van der Waals surface area contributed by atoms with E-state index in [-0.39, 0.29) is 36.8 Å². The number of amides is 3. The molecular formula is C17H20F2N4O4. The minimum Gasteiger partial charge on any atom is -0.434 e. The average Bonchev–Trinajstić information content (AvgIpc) is 2.95. The van der Waals surface area contributed by atoms with Crippen molar-refractivity contribution in [2.45, 2.75) is 12.5 Å². The summed E-state index contributed by atoms with van der Waals surface area (Å²) in [6, 6.07) is 2.06. The average molecular weight is 382 g/mol. The third-order valence-electron chi connectivity index (χ3n) is 4.71. The Balaban J connectivity index is 1.84. The molecule has 1 atom stereocenters. The van der Waals surface area contributed by atoms with Crippen LogP contribution in [0.3, 0.4) is 0 Å². The summed E-state index contributed by atoms with van der Waals surface area (Å²) in [6.45, 7) is 0.701. The number of hydrogen-bond donors (Lipinski definition) is 1. The molecule has 2 aliphatic heterocycles. The van der Waals surface area contributed by atoms with Crippen LogP contribution in [0.2, 0.25) is 0 Å². The lowest BCUT2D eigenvalue weighted by molar-refractivity contribution is -0.129. The summed E-state index contributed by atoms with van der Waals surface area (Å²) in [7, 11) is 3.04. The zero-order chi connectivity index (χ0) is 19.7. The number of benzene rings is 1. The lowest BCUT2D eigenvalue weighted by Crippen LogP contribution is -2.35. The Bertz CT molecular complexity index is 765. The molecule has 0 radical (unpaired) electrons. The molecule has 0 saturated carbocycles. The van der Waals surface area contributed by atoms with E-state index >= 15 is 0 Å². The second kappa shape index (κ2) is 7.37. The molecule has 0 spiro atoms. The summed E-state index contributed by atoms with van der Waals surface area (Å²) in [6.07, 6.45) is -1.73. The number of ether oxygens (including phenoxy) is 1. The number of nitrogens with one attached hydrogen (secondary N) is 1. The summed E-state index contributed by atoms with van der Waals surface area (Å²) in [5.41, 5.74) is -0.273. The van der Waals surface area contributed by atoms with Gasteiger partial charge in [0.15, 0.2) is 17.7 Å². The highest BCUT2D eigenvalue weighted by molar-refractivity contribution is 5.95. The van der Waals surface area contributed by atoms with Gasteiger partial charge in [0.05, 0.1) is 12.2 Å². The molecule has 3 amide bonds. The Kier molecular flexibility index (Phi) is 5.15. The molecule has 0 aromatic heterocycles. The number of rotatable bonds is 3. The van der Waals surface area contributed by atoms with Gasteiger partial charge in [0, 0.05) is 52.3 Å². The van der Waals surface area contributed by atoms with Gasteiger partial charge in [0.25, 0.3) is 5.91 Å². The van der Waals surface area contributed by atoms with Gasteiger partial charge < -0.3 is 19.9 Å². The van der Waals surface area contributed by atoms with Crippen LogP contribution in [0, 0.1) is 11.6 Å². The van der Waals surface area contributed by atoms with Gasteiger partial charge in [-0.3, -0.25) is 14.5 Å². The van der Waals surface area contributed by atoms with Gasteiger partial charge in [0.2, 0.25) is 5.91 Å². The van der Waals surface area contributed by atoms with Gasteiger partial charge in [-0.25, -0.2) is 13.6 Å². The fourth-order valence-electron chi connectivity index (χ4n) is 3.13. The first kappa shape index (κ1) is 18.9. The summed E-state index contributed by atoms with van der Waals surface area (Å²) in [5.74, 6) is -2.28. The van der Waals surface area contributed by atoms with Gasteiger partial charge >= 0.3 is 6.09 Å². The zero-order valence-corrected chi connectivity index (χ0v) is 15.0. The zero-order valence-electron chi connectivity index (χ0n) is 15.0. The minimum atomic E-state index is -1.04. The van der Waals surface area contributed by atoms with Crippen molar-refractivity contribution >= 4 is 29.3 Å². The van der Waals surface area contributed by atoms with Crippen LogP contribution in [-0.4, -0.2) is 69.2 Å². The quantitative estimate of drug-likeness (QED) is 0.833. The van der Waals surface area contributed by atoms with Gasteiger partial charge in [-0.1, -0.05) is 0 Å². The molecule has 27 heavy (non-hydrogen) atoms. The topological polar surface area (TPSA) is 82.2 Å². The number of cyclic esters (lactones) is 1. The van der Waals surface area contributed by atoms with E-state index < -0.39 is 29.7 Å². The predicted molar refractivity (Wildman–Crippen MR) is 92.5 cm³/mol. The first-order chi connectivity index (χ1) is 12.8. The lowest BCUT2D eigenvalue weighted by atomic mass is 10.2. The Morgan fingerprint density at radius 3 is 2.48 bits per heavy atom. The molecule has 1 aromatic carbocycles. The fraction of sp³-hybridized carbons (Fsp3) is 0.471. The maximum atomic E-state index is 14.7. The van der Waals surface area contributed by atoms with Crippen molar-refractivity contribution in [1.29, 1.82) is 0 Å². The minimum absolute atomic E-state index is 0.0341. The van der Waals surface area contributed by atoms with Crippen LogP contribution in [0.5, 0.6) is 0 Å². The Morgan fingerprint density at radius 1 is 1.19 bits per heavy atom. The van der Waals surface area contributed by atoms with E-state index in [1.807, 2.05) is 0 Å². The number of likely N-dealkylation sites (N-methyl/N-ethyl adjacent to an activating group) is 2. The Morgan fingerprint density at radius 2 is 1.85 bits per heavy atom. The number of halogens is 2. The predicted octanol–water partition coefficient (Wildman–Crippen LogP) is 0.704. The van der Waals surface area contributed by atoms with Crippen LogP contribution in [-0.2, 0) is 14.3 Å². The van der Waals surface area contributed by atoms with Crippen LogP contribution in [0.4, 0.5) is 25.0 Å². The molecule has 3 rings (SSSR count). The standard InChI is InChI=1S/C17H20F2N4O4/c1-20-16(25)13-9-23(17(26)27-13)10-7-11(18)15(12(19)8-10)22-4-3-14(24)21(2)5-6-22/h7-8,13H,3-6,9H2,1-2H3,(H,20,25)/t13-/m1/s1. The smallest absolute Gasteiger partial charge is 0.415 e. The van der Waals surface area contributed by atoms with E-state index in [0.29, 0.717) is 13.1 Å². The molecule has 2 heterocycles. The third kappa shape index (κ3) is 3.64. The van der Waals surface area contributed by atoms with Gasteiger partial charge in [0.1, 0.15) is 5.69 Å². The van der Waals surface area contributed by atoms with Gasteiger partial charge in [-0.15, -0.1) is 0 Å². The molecule has 0 aliphatic carbocycles. The maximum absolute atomic E-state index is 14.7. The summed E-state index contributed by atoms with van der Waals surface area (Å²) in [5, 5.41) is 2.36. The summed E-state index contributed by atoms with van der Waals surface area (Å²) >= 11 is 0. The maximum Gasteiger partial charge on any atom is 0.415 e. The molecule has 0 bridgehead atoms. The van der Waals surface area contributed by atoms with Crippen molar-refractivity contribution in [2.24, 2.45) is 0 Å². The molecule has 146 valence electrons. The molecule has 2 aliphatic rings. The number of hydrogen-bond acceptors (Lipinski definition) is 5. The van der Waals surface area contributed by atoms with Crippen LogP contribution < -0.4 is 15.1 Å². The van der Waals surface area contributed by atoms with Crippen LogP contribution in [0.1, 0.15) is 6.42 Å². The molecule has 1 aromatic rings. The number of anilines is 2. The second-order valence-corrected chi connectivity index (χ2v) is 6.41. The molecule has 2 saturated heterocycles. The molecule has 8 nitrogen and oxygen atoms in total. The van der Waals surface area contributed by atoms with Crippen molar-refractivity contribution in [1.82, 2.24) is 10.2 Å². The number of carbonyl (C=O) groups excluding carboxylic acids is 3. The molecule has 10 heteroatoms. The van der Waals surface area contributed by atoms with E-state index in [2.05, 4.69) is 5.32 Å². The largest absolute Gasteiger partial charge is 0.434 e. The van der Waals surface area contributed by atoms with Crippen LogP contribution in [0.15, 0.2) is 12.1 Å². The van der Waals surface area contributed by atoms with E-state index in [1.54, 1.807) is 7.05 Å². The third-order valence-corrected chi connectivity index (χ3v) is 4.71. The van der Waals surface area contributed by atoms with Crippen molar-refractivity contribution < 1.29 is 27.9 Å². The van der Waals surface area contributed by atoms with Gasteiger partial charge in [-0.05, 0) is 0 Å². The van der Waals surface area contributed by atoms with Crippen LogP contribution in [0.25, 0.3) is 0 Å². The molecule has 0 unspecified atom stereocenters. The highest BCUT2D eigenvalue weighted by Gasteiger charge is 2.37. The molecular weight excluding hydrogens is 362 g/mol. The van der Waals surface area contributed by atoms with Crippen molar-refractivity contribution in [3.05, 3.63) is 23.8 Å². The van der Waals surface area contributed by atoms with E-state index in [9.17, 15) is 23.2 Å². The number of nitrogens with zero attached hydrogens (tertiary/aromatic N) is 3. The van der Waals surface area contributed by atoms with E-state index in [0.717, 1.165) is 17.0 Å². The molecule has 2 fully saturated rings. The Labute approximate surface area is 154 Å². The van der Waals surface area contributed by atoms with Crippen LogP contribution >= 0.6 is 0 Å². The fourth-order valence-corrected chi connectivity index (χ4v) is 3.13. The van der Waals surface area contributed by atoms with Crippen molar-refractivity contribution in [3.8, 4) is 0 Å². The number of carbonyl (C=O) groups is 3. The summed E-state index contributed by atoms with van der Waals surface area (Å²) in [4.78, 5) is 39.3. The monoisotopic (exact) mass is 382 g/mol. The van der Waals surface area contributed by atoms with Crippen molar-refractivity contribution in [3.63, 3.8) is 0 Å². The normalized spacial score (nSPS) is 20.6. The van der Waals surface area contributed by atoms with E-state index in [1.165, 1.54) is 16.8 Å².